The number of methoxy groups -OCH3 is 2. The first kappa shape index (κ1) is 102. The summed E-state index contributed by atoms with van der Waals surface area (Å²) in [6, 6.07) is 28.8. The summed E-state index contributed by atoms with van der Waals surface area (Å²) in [5.74, 6) is -3.01. The van der Waals surface area contributed by atoms with Crippen molar-refractivity contribution in [3.63, 3.8) is 0 Å². The number of carboxylic acids is 1. The number of thiophene rings is 1. The van der Waals surface area contributed by atoms with E-state index in [4.69, 9.17) is 88.6 Å². The summed E-state index contributed by atoms with van der Waals surface area (Å²) in [6.45, 7) is 17.6. The van der Waals surface area contributed by atoms with Crippen LogP contribution in [-0.2, 0) is 102 Å². The third-order valence-electron chi connectivity index (χ3n) is 21.6. The number of hydrogen-bond acceptors (Lipinski definition) is 28. The SMILES string of the molecule is COCCOCCOCCOCCOCCOCCOCCOCCOCCCc1cc(NC(=O)[C@H](CCCNC(N)=O)NC(=O)[C@@H](NC(=O)CCOCCN2C(=O)C=CC2=O)C(C)C)ccc1C[N+]1(C)CCN(CCOc2ccc(-c3c(-c4ccc(F)cc4)sc4ncnc(O[C@H](Cc5ccccc5OCc5ccnc(-c6ccccc6OC)n5)C(=O)[O-])c34)c(C)c2Cl)CC1. The van der Waals surface area contributed by atoms with Crippen LogP contribution in [0.3, 0.4) is 0 Å². The summed E-state index contributed by atoms with van der Waals surface area (Å²) < 4.78 is 95.8. The number of carbonyl (C=O) groups is 7. The van der Waals surface area contributed by atoms with Crippen LogP contribution in [0.5, 0.6) is 23.1 Å². The Kier molecular flexibility index (Phi) is 42.9. The molecule has 7 amide bonds. The number of nitrogens with two attached hydrogens (primary N) is 1. The molecule has 0 bridgehead atoms. The van der Waals surface area contributed by atoms with Gasteiger partial charge in [0.1, 0.15) is 72.2 Å². The fourth-order valence-corrected chi connectivity index (χ4v) is 15.8. The molecule has 10 rings (SSSR count). The maximum atomic E-state index is 14.6. The van der Waals surface area contributed by atoms with Crippen molar-refractivity contribution in [3.05, 3.63) is 173 Å². The number of aryl methyl sites for hydroxylation is 1. The highest BCUT2D eigenvalue weighted by Crippen LogP contribution is 2.50. The van der Waals surface area contributed by atoms with Crippen molar-refractivity contribution < 1.29 is 114 Å². The molecule has 6 N–H and O–H groups in total. The zero-order valence-electron chi connectivity index (χ0n) is 75.1. The summed E-state index contributed by atoms with van der Waals surface area (Å²) >= 11 is 8.64. The quantitative estimate of drug-likeness (QED) is 0.0136. The molecule has 1 fully saturated rings. The van der Waals surface area contributed by atoms with E-state index in [1.165, 1.54) is 41.9 Å². The lowest BCUT2D eigenvalue weighted by Crippen LogP contribution is -2.57. The minimum atomic E-state index is -1.58. The highest BCUT2D eigenvalue weighted by atomic mass is 35.5. The van der Waals surface area contributed by atoms with Crippen molar-refractivity contribution >= 4 is 80.4 Å². The molecule has 0 spiro atoms. The van der Waals surface area contributed by atoms with Crippen molar-refractivity contribution in [2.75, 3.05) is 205 Å². The van der Waals surface area contributed by atoms with E-state index in [2.05, 4.69) is 48.2 Å². The first-order valence-electron chi connectivity index (χ1n) is 43.9. The largest absolute Gasteiger partial charge is 0.546 e. The van der Waals surface area contributed by atoms with Crippen LogP contribution in [0.15, 0.2) is 134 Å². The second kappa shape index (κ2) is 54.9. The molecule has 2 aliphatic rings. The Balaban J connectivity index is 0.747. The third-order valence-corrected chi connectivity index (χ3v) is 23.2. The fourth-order valence-electron chi connectivity index (χ4n) is 14.4. The molecule has 8 aromatic rings. The molecule has 5 heterocycles. The lowest BCUT2D eigenvalue weighted by molar-refractivity contribution is -0.926. The second-order valence-electron chi connectivity index (χ2n) is 31.5. The van der Waals surface area contributed by atoms with Crippen LogP contribution in [0.2, 0.25) is 5.02 Å². The molecule has 0 radical (unpaired) electrons. The zero-order chi connectivity index (χ0) is 93.1. The van der Waals surface area contributed by atoms with Crippen LogP contribution in [0, 0.1) is 18.7 Å². The summed E-state index contributed by atoms with van der Waals surface area (Å²) in [5, 5.41) is 25.2. The van der Waals surface area contributed by atoms with Crippen molar-refractivity contribution in [1.29, 1.82) is 0 Å². The smallest absolute Gasteiger partial charge is 0.312 e. The van der Waals surface area contributed by atoms with Gasteiger partial charge in [0.15, 0.2) is 5.82 Å². The molecule has 1 saturated heterocycles. The molecule has 0 aliphatic carbocycles. The maximum Gasteiger partial charge on any atom is 0.312 e. The lowest BCUT2D eigenvalue weighted by atomic mass is 9.96. The van der Waals surface area contributed by atoms with Gasteiger partial charge in [-0.15, -0.1) is 11.3 Å². The van der Waals surface area contributed by atoms with E-state index in [9.17, 15) is 43.1 Å². The monoisotopic (exact) mass is 1850 g/mol. The number of halogens is 2. The Morgan fingerprint density at radius 3 is 1.90 bits per heavy atom. The topological polar surface area (TPSA) is 404 Å². The molecule has 131 heavy (non-hydrogen) atoms. The molecule has 37 heteroatoms. The van der Waals surface area contributed by atoms with E-state index in [1.807, 2.05) is 55.5 Å². The van der Waals surface area contributed by atoms with Gasteiger partial charge in [0, 0.05) is 92.8 Å². The fraction of sp³-hybridized carbons (Fsp3) is 0.479. The number of rotatable bonds is 62. The number of nitrogens with one attached hydrogen (secondary N) is 4. The van der Waals surface area contributed by atoms with Gasteiger partial charge in [-0.05, 0) is 121 Å². The number of aromatic nitrogens is 4. The number of anilines is 1. The third kappa shape index (κ3) is 33.2. The van der Waals surface area contributed by atoms with Crippen LogP contribution in [-0.4, -0.2) is 293 Å². The minimum absolute atomic E-state index is 0.00829. The Morgan fingerprint density at radius 1 is 0.641 bits per heavy atom. The molecule has 5 aromatic carbocycles. The highest BCUT2D eigenvalue weighted by Gasteiger charge is 2.34. The van der Waals surface area contributed by atoms with Crippen molar-refractivity contribution in [1.82, 2.24) is 45.7 Å². The number of nitrogens with zero attached hydrogens (tertiary/aromatic N) is 7. The standard InChI is InChI=1S/C94H120ClFN12O22S/c1-64(2)86(105-80(109)30-40-120-41-36-107-81(110)27-28-82(107)111)90(113)104-75(16-11-31-99-94(97)116)89(112)103-71-24-21-69(67(59-71)14-12-39-119-45-46-122-49-50-124-53-54-126-57-58-127-56-55-125-52-51-123-48-47-121-44-43-117-5)61-108(4)37-33-106(34-38-108)35-42-128-78-26-25-73(65(3)85(78)95)83-84-91(100-63-101-92(84)131-87(83)66-19-22-70(96)23-20-66)130-79(93(114)115)60-68-13-7-9-17-76(68)129-62-72-29-32-98-88(102-72)74-15-8-10-18-77(74)118-6/h7-10,13,15,17-29,32,59,63-64,75,79,86H,11-12,14,16,30-31,33-58,60-62H2,1-6H3,(H6-,97,99,103,104,105,109,112,113,114,115,116)/t75-,79+,86-/m0/s1. The molecule has 3 atom stereocenters. The Bertz CT molecular complexity index is 4990. The molecule has 34 nitrogen and oxygen atoms in total. The van der Waals surface area contributed by atoms with Crippen LogP contribution in [0.1, 0.15) is 67.5 Å². The molecular formula is C94H120ClFN12O22S. The van der Waals surface area contributed by atoms with E-state index in [0.29, 0.717) is 237 Å². The predicted molar refractivity (Wildman–Crippen MR) is 486 cm³/mol. The van der Waals surface area contributed by atoms with Gasteiger partial charge in [0.05, 0.1) is 180 Å². The van der Waals surface area contributed by atoms with Gasteiger partial charge in [0.2, 0.25) is 23.6 Å². The van der Waals surface area contributed by atoms with Gasteiger partial charge in [-0.2, -0.15) is 0 Å². The van der Waals surface area contributed by atoms with Gasteiger partial charge in [-0.3, -0.25) is 33.8 Å². The normalized spacial score (nSPS) is 13.9. The summed E-state index contributed by atoms with van der Waals surface area (Å²) in [7, 11) is 5.43. The zero-order valence-corrected chi connectivity index (χ0v) is 76.7. The number of benzene rings is 5. The lowest BCUT2D eigenvalue weighted by Gasteiger charge is -2.42. The van der Waals surface area contributed by atoms with Crippen LogP contribution >= 0.6 is 22.9 Å². The number of hydrogen-bond donors (Lipinski definition) is 5. The number of ether oxygens (including phenoxy) is 14. The number of carboxylic acid groups (broad SMARTS) is 1. The number of imide groups is 1. The number of amides is 7. The minimum Gasteiger partial charge on any atom is -0.546 e. The average Bonchev–Trinajstić information content (AvgIpc) is 1.59. The van der Waals surface area contributed by atoms with Crippen molar-refractivity contribution in [2.24, 2.45) is 11.7 Å². The summed E-state index contributed by atoms with van der Waals surface area (Å²) in [6.07, 6.45) is 4.97. The summed E-state index contributed by atoms with van der Waals surface area (Å²) in [5.41, 5.74) is 12.2. The Labute approximate surface area is 771 Å². The molecular weight excluding hydrogens is 1740 g/mol. The van der Waals surface area contributed by atoms with Gasteiger partial charge < -0.3 is 108 Å². The Hall–Kier alpha value is -10.8. The molecule has 3 aromatic heterocycles. The maximum absolute atomic E-state index is 14.6. The predicted octanol–water partition coefficient (Wildman–Crippen LogP) is 8.31. The number of aliphatic carboxylic acids is 1. The van der Waals surface area contributed by atoms with Gasteiger partial charge >= 0.3 is 6.03 Å². The van der Waals surface area contributed by atoms with Crippen molar-refractivity contribution in [3.8, 4) is 56.1 Å². The first-order chi connectivity index (χ1) is 63.6. The number of likely N-dealkylation sites (N-methyl/N-ethyl adjacent to an activating group) is 1. The van der Waals surface area contributed by atoms with E-state index < -0.39 is 71.5 Å². The number of urea groups is 1. The average molecular weight is 1860 g/mol. The van der Waals surface area contributed by atoms with Gasteiger partial charge in [-0.25, -0.2) is 29.1 Å². The first-order valence-corrected chi connectivity index (χ1v) is 45.1. The van der Waals surface area contributed by atoms with Crippen LogP contribution in [0.25, 0.3) is 43.2 Å². The number of piperazine rings is 1. The Morgan fingerprint density at radius 2 is 1.27 bits per heavy atom. The molecule has 708 valence electrons. The number of primary amides is 1. The number of para-hydroxylation sites is 2. The van der Waals surface area contributed by atoms with Gasteiger partial charge in [-0.1, -0.05) is 80.0 Å². The van der Waals surface area contributed by atoms with E-state index in [1.54, 1.807) is 82.8 Å². The van der Waals surface area contributed by atoms with Crippen LogP contribution < -0.4 is 51.1 Å². The molecule has 2 aliphatic heterocycles. The summed E-state index contributed by atoms with van der Waals surface area (Å²) in [4.78, 5) is 114. The highest BCUT2D eigenvalue weighted by molar-refractivity contribution is 7.22. The molecule has 0 unspecified atom stereocenters. The second-order valence-corrected chi connectivity index (χ2v) is 32.9. The molecule has 0 saturated carbocycles. The van der Waals surface area contributed by atoms with E-state index in [0.717, 1.165) is 42.2 Å². The van der Waals surface area contributed by atoms with E-state index in [-0.39, 0.29) is 64.5 Å². The number of quaternary nitrogens is 1. The van der Waals surface area contributed by atoms with E-state index >= 15 is 0 Å². The number of fused-ring (bicyclic) bond motifs is 1. The van der Waals surface area contributed by atoms with Gasteiger partial charge in [0.25, 0.3) is 11.8 Å². The van der Waals surface area contributed by atoms with Crippen LogP contribution in [0.4, 0.5) is 14.9 Å². The van der Waals surface area contributed by atoms with Crippen molar-refractivity contribution in [2.45, 2.75) is 90.6 Å². The number of carbonyl (C=O) groups excluding carboxylic acids is 7.